The minimum Gasteiger partial charge on any atom is -0.379 e. The van der Waals surface area contributed by atoms with Crippen LogP contribution in [0.2, 0.25) is 0 Å². The molecular formula is C10H22N2O. The maximum Gasteiger partial charge on any atom is 0.0788 e. The second-order valence-electron chi connectivity index (χ2n) is 5.05. The van der Waals surface area contributed by atoms with E-state index in [1.54, 1.807) is 7.11 Å². The predicted octanol–water partition coefficient (Wildman–Crippen LogP) is 1.29. The van der Waals surface area contributed by atoms with E-state index >= 15 is 0 Å². The Labute approximate surface area is 81.0 Å². The monoisotopic (exact) mass is 186 g/mol. The van der Waals surface area contributed by atoms with Crippen molar-refractivity contribution in [1.82, 2.24) is 5.43 Å². The zero-order valence-electron chi connectivity index (χ0n) is 9.13. The van der Waals surface area contributed by atoms with Crippen LogP contribution in [0.25, 0.3) is 0 Å². The highest BCUT2D eigenvalue weighted by molar-refractivity contribution is 4.94. The molecule has 1 aliphatic rings. The quantitative estimate of drug-likeness (QED) is 0.514. The highest BCUT2D eigenvalue weighted by atomic mass is 16.5. The Hall–Kier alpha value is -0.120. The highest BCUT2D eigenvalue weighted by Crippen LogP contribution is 2.38. The van der Waals surface area contributed by atoms with Crippen molar-refractivity contribution in [3.63, 3.8) is 0 Å². The third-order valence-corrected chi connectivity index (χ3v) is 2.76. The topological polar surface area (TPSA) is 47.3 Å². The molecule has 3 N–H and O–H groups in total. The molecule has 0 saturated heterocycles. The molecule has 0 aromatic heterocycles. The van der Waals surface area contributed by atoms with Gasteiger partial charge in [-0.15, -0.1) is 0 Å². The van der Waals surface area contributed by atoms with Crippen molar-refractivity contribution in [2.75, 3.05) is 7.11 Å². The van der Waals surface area contributed by atoms with Crippen LogP contribution in [0.1, 0.15) is 33.6 Å². The molecule has 3 nitrogen and oxygen atoms in total. The number of methoxy groups -OCH3 is 1. The zero-order chi connectivity index (χ0) is 10.1. The van der Waals surface area contributed by atoms with Crippen LogP contribution < -0.4 is 11.3 Å². The second kappa shape index (κ2) is 3.95. The lowest BCUT2D eigenvalue weighted by molar-refractivity contribution is -0.0167. The summed E-state index contributed by atoms with van der Waals surface area (Å²) in [7, 11) is 1.77. The van der Waals surface area contributed by atoms with E-state index in [1.807, 2.05) is 0 Å². The molecule has 0 amide bonds. The van der Waals surface area contributed by atoms with E-state index in [9.17, 15) is 0 Å². The zero-order valence-corrected chi connectivity index (χ0v) is 9.13. The number of rotatable bonds is 4. The van der Waals surface area contributed by atoms with Crippen LogP contribution in [0.4, 0.5) is 0 Å². The van der Waals surface area contributed by atoms with Crippen molar-refractivity contribution in [2.24, 2.45) is 17.2 Å². The van der Waals surface area contributed by atoms with Crippen LogP contribution in [0, 0.1) is 11.3 Å². The number of nitrogens with two attached hydrogens (primary N) is 1. The lowest BCUT2D eigenvalue weighted by atomic mass is 9.83. The van der Waals surface area contributed by atoms with Gasteiger partial charge >= 0.3 is 0 Å². The molecule has 0 spiro atoms. The number of hydrazine groups is 1. The van der Waals surface area contributed by atoms with E-state index in [0.717, 1.165) is 0 Å². The lowest BCUT2D eigenvalue weighted by Gasteiger charge is -2.35. The van der Waals surface area contributed by atoms with Crippen LogP contribution in [0.5, 0.6) is 0 Å². The fourth-order valence-corrected chi connectivity index (χ4v) is 1.96. The fraction of sp³-hybridized carbons (Fsp3) is 1.00. The largest absolute Gasteiger partial charge is 0.379 e. The number of ether oxygens (including phenoxy) is 1. The molecule has 1 fully saturated rings. The van der Waals surface area contributed by atoms with Crippen LogP contribution in [-0.2, 0) is 4.74 Å². The summed E-state index contributed by atoms with van der Waals surface area (Å²) in [6, 6.07) is 0.310. The van der Waals surface area contributed by atoms with Crippen molar-refractivity contribution >= 4 is 0 Å². The molecule has 1 saturated carbocycles. The summed E-state index contributed by atoms with van der Waals surface area (Å²) in [4.78, 5) is 0. The molecule has 0 aromatic rings. The SMILES string of the molecule is COC(C(NN)C1CC1)C(C)(C)C. The Morgan fingerprint density at radius 1 is 1.38 bits per heavy atom. The van der Waals surface area contributed by atoms with Gasteiger partial charge in [-0.1, -0.05) is 20.8 Å². The van der Waals surface area contributed by atoms with Gasteiger partial charge in [0.1, 0.15) is 0 Å². The molecule has 3 heteroatoms. The first-order valence-corrected chi connectivity index (χ1v) is 4.99. The minimum atomic E-state index is 0.147. The van der Waals surface area contributed by atoms with Gasteiger partial charge in [0.15, 0.2) is 0 Å². The van der Waals surface area contributed by atoms with Crippen molar-refractivity contribution in [2.45, 2.75) is 45.8 Å². The summed E-state index contributed by atoms with van der Waals surface area (Å²) < 4.78 is 5.53. The van der Waals surface area contributed by atoms with E-state index in [1.165, 1.54) is 12.8 Å². The van der Waals surface area contributed by atoms with Crippen LogP contribution in [0.15, 0.2) is 0 Å². The van der Waals surface area contributed by atoms with Gasteiger partial charge in [0, 0.05) is 7.11 Å². The Morgan fingerprint density at radius 3 is 2.15 bits per heavy atom. The molecular weight excluding hydrogens is 164 g/mol. The van der Waals surface area contributed by atoms with Crippen LogP contribution in [-0.4, -0.2) is 19.3 Å². The van der Waals surface area contributed by atoms with E-state index in [0.29, 0.717) is 12.0 Å². The molecule has 2 unspecified atom stereocenters. The van der Waals surface area contributed by atoms with Crippen molar-refractivity contribution in [3.05, 3.63) is 0 Å². The molecule has 2 atom stereocenters. The average molecular weight is 186 g/mol. The number of hydrogen-bond donors (Lipinski definition) is 2. The van der Waals surface area contributed by atoms with Gasteiger partial charge in [0.2, 0.25) is 0 Å². The van der Waals surface area contributed by atoms with Crippen LogP contribution in [0.3, 0.4) is 0 Å². The third kappa shape index (κ3) is 2.66. The maximum absolute atomic E-state index is 5.56. The molecule has 1 aliphatic carbocycles. The summed E-state index contributed by atoms with van der Waals surface area (Å²) in [5, 5.41) is 0. The molecule has 0 aromatic carbocycles. The molecule has 0 bridgehead atoms. The molecule has 0 heterocycles. The number of hydrogen-bond acceptors (Lipinski definition) is 3. The highest BCUT2D eigenvalue weighted by Gasteiger charge is 2.41. The van der Waals surface area contributed by atoms with Crippen LogP contribution >= 0.6 is 0 Å². The molecule has 0 radical (unpaired) electrons. The summed E-state index contributed by atoms with van der Waals surface area (Å²) in [6.07, 6.45) is 2.76. The van der Waals surface area contributed by atoms with Gasteiger partial charge in [0.25, 0.3) is 0 Å². The van der Waals surface area contributed by atoms with E-state index in [-0.39, 0.29) is 11.5 Å². The smallest absolute Gasteiger partial charge is 0.0788 e. The third-order valence-electron chi connectivity index (χ3n) is 2.76. The van der Waals surface area contributed by atoms with Crippen molar-refractivity contribution in [1.29, 1.82) is 0 Å². The Balaban J connectivity index is 2.61. The van der Waals surface area contributed by atoms with E-state index in [2.05, 4.69) is 26.2 Å². The number of nitrogens with one attached hydrogen (secondary N) is 1. The summed E-state index contributed by atoms with van der Waals surface area (Å²) >= 11 is 0. The Bertz CT molecular complexity index is 161. The normalized spacial score (nSPS) is 22.8. The molecule has 13 heavy (non-hydrogen) atoms. The summed E-state index contributed by atoms with van der Waals surface area (Å²) in [6.45, 7) is 6.57. The fourth-order valence-electron chi connectivity index (χ4n) is 1.96. The predicted molar refractivity (Wildman–Crippen MR) is 54.1 cm³/mol. The van der Waals surface area contributed by atoms with Gasteiger partial charge in [-0.05, 0) is 24.2 Å². The Kier molecular flexibility index (Phi) is 3.33. The van der Waals surface area contributed by atoms with E-state index in [4.69, 9.17) is 10.6 Å². The van der Waals surface area contributed by atoms with Gasteiger partial charge in [-0.25, -0.2) is 0 Å². The summed E-state index contributed by atoms with van der Waals surface area (Å²) in [5.41, 5.74) is 3.04. The molecule has 78 valence electrons. The summed E-state index contributed by atoms with van der Waals surface area (Å²) in [5.74, 6) is 6.27. The molecule has 0 aliphatic heterocycles. The van der Waals surface area contributed by atoms with Crippen molar-refractivity contribution in [3.8, 4) is 0 Å². The second-order valence-corrected chi connectivity index (χ2v) is 5.05. The van der Waals surface area contributed by atoms with Gasteiger partial charge in [0.05, 0.1) is 12.1 Å². The molecule has 1 rings (SSSR count). The maximum atomic E-state index is 5.56. The Morgan fingerprint density at radius 2 is 1.92 bits per heavy atom. The first-order valence-electron chi connectivity index (χ1n) is 4.99. The lowest BCUT2D eigenvalue weighted by Crippen LogP contribution is -2.51. The van der Waals surface area contributed by atoms with Gasteiger partial charge in [-0.3, -0.25) is 11.3 Å². The average Bonchev–Trinajstić information content (AvgIpc) is 2.79. The van der Waals surface area contributed by atoms with E-state index < -0.39 is 0 Å². The van der Waals surface area contributed by atoms with Gasteiger partial charge in [-0.2, -0.15) is 0 Å². The first-order chi connectivity index (χ1) is 6.00. The first kappa shape index (κ1) is 11.0. The minimum absolute atomic E-state index is 0.147. The van der Waals surface area contributed by atoms with Crippen molar-refractivity contribution < 1.29 is 4.74 Å². The standard InChI is InChI=1S/C10H22N2O/c1-10(2,3)9(13-4)8(12-11)7-5-6-7/h7-9,12H,5-6,11H2,1-4H3. The van der Waals surface area contributed by atoms with Gasteiger partial charge < -0.3 is 4.74 Å².